The molecule has 1 fully saturated rings. The van der Waals surface area contributed by atoms with Crippen LogP contribution >= 0.6 is 0 Å². The van der Waals surface area contributed by atoms with Crippen molar-refractivity contribution in [2.75, 3.05) is 4.90 Å². The van der Waals surface area contributed by atoms with Gasteiger partial charge in [-0.25, -0.2) is 4.98 Å². The van der Waals surface area contributed by atoms with Crippen LogP contribution in [0.3, 0.4) is 0 Å². The van der Waals surface area contributed by atoms with Gasteiger partial charge in [0.05, 0.1) is 28.9 Å². The monoisotopic (exact) mass is 442 g/mol. The quantitative estimate of drug-likeness (QED) is 0.429. The van der Waals surface area contributed by atoms with Gasteiger partial charge in [0.15, 0.2) is 5.65 Å². The van der Waals surface area contributed by atoms with Crippen LogP contribution in [0.4, 0.5) is 5.69 Å². The van der Waals surface area contributed by atoms with Crippen LogP contribution in [0, 0.1) is 20.8 Å². The summed E-state index contributed by atoms with van der Waals surface area (Å²) in [6, 6.07) is 10.1. The number of carbonyl (C=O) groups excluding carboxylic acids is 1. The number of hydrogen-bond acceptors (Lipinski definition) is 4. The Hall–Kier alpha value is -3.48. The summed E-state index contributed by atoms with van der Waals surface area (Å²) in [6.45, 7) is 9.32. The molecule has 1 aromatic carbocycles. The van der Waals surface area contributed by atoms with Crippen LogP contribution in [0.5, 0.6) is 0 Å². The molecule has 1 aliphatic rings. The number of carbonyl (C=O) groups is 1. The van der Waals surface area contributed by atoms with Crippen molar-refractivity contribution in [2.45, 2.75) is 59.5 Å². The molecule has 5 rings (SSSR count). The number of pyridine rings is 1. The number of hydrogen-bond donors (Lipinski definition) is 0. The van der Waals surface area contributed by atoms with Gasteiger partial charge in [0.1, 0.15) is 0 Å². The molecule has 0 spiro atoms. The fourth-order valence-electron chi connectivity index (χ4n) is 4.49. The number of fused-ring (bicyclic) bond motifs is 1. The van der Waals surface area contributed by atoms with E-state index in [0.717, 1.165) is 64.3 Å². The predicted octanol–water partition coefficient (Wildman–Crippen LogP) is 4.83. The van der Waals surface area contributed by atoms with Gasteiger partial charge < -0.3 is 4.90 Å². The molecule has 1 saturated carbocycles. The number of aromatic nitrogens is 5. The third-order valence-corrected chi connectivity index (χ3v) is 6.47. The number of anilines is 1. The van der Waals surface area contributed by atoms with Gasteiger partial charge in [-0.05, 0) is 64.3 Å². The largest absolute Gasteiger partial charge is 0.304 e. The Kier molecular flexibility index (Phi) is 5.27. The van der Waals surface area contributed by atoms with Crippen LogP contribution in [0.25, 0.3) is 11.0 Å². The molecule has 3 heterocycles. The van der Waals surface area contributed by atoms with E-state index in [4.69, 9.17) is 4.98 Å². The van der Waals surface area contributed by atoms with Gasteiger partial charge in [-0.1, -0.05) is 12.1 Å². The van der Waals surface area contributed by atoms with Crippen molar-refractivity contribution in [3.8, 4) is 0 Å². The summed E-state index contributed by atoms with van der Waals surface area (Å²) in [5, 5.41) is 10.0. The average molecular weight is 443 g/mol. The fraction of sp³-hybridized carbons (Fsp3) is 0.385. The third-order valence-electron chi connectivity index (χ3n) is 6.47. The van der Waals surface area contributed by atoms with Gasteiger partial charge in [0.25, 0.3) is 5.91 Å². The summed E-state index contributed by atoms with van der Waals surface area (Å²) >= 11 is 0. The van der Waals surface area contributed by atoms with Gasteiger partial charge in [0.2, 0.25) is 0 Å². The Morgan fingerprint density at radius 2 is 1.91 bits per heavy atom. The molecule has 0 N–H and O–H groups in total. The normalized spacial score (nSPS) is 13.6. The minimum Gasteiger partial charge on any atom is -0.304 e. The summed E-state index contributed by atoms with van der Waals surface area (Å²) in [5.41, 5.74) is 7.25. The fourth-order valence-corrected chi connectivity index (χ4v) is 4.49. The average Bonchev–Trinajstić information content (AvgIpc) is 3.53. The SMILES string of the molecule is CCn1cc(CN(C(=O)c2cc(C3CC3)nc3c2c(C)nn3C)c2cccc(C)c2)c(C)n1. The maximum atomic E-state index is 14.3. The number of amides is 1. The second-order valence-electron chi connectivity index (χ2n) is 9.10. The second-order valence-corrected chi connectivity index (χ2v) is 9.10. The molecule has 0 saturated heterocycles. The van der Waals surface area contributed by atoms with Crippen LogP contribution in [-0.4, -0.2) is 30.5 Å². The molecule has 0 aliphatic heterocycles. The maximum Gasteiger partial charge on any atom is 0.259 e. The highest BCUT2D eigenvalue weighted by atomic mass is 16.2. The lowest BCUT2D eigenvalue weighted by Gasteiger charge is -2.24. The maximum absolute atomic E-state index is 14.3. The van der Waals surface area contributed by atoms with Crippen molar-refractivity contribution >= 4 is 22.6 Å². The molecule has 1 amide bonds. The van der Waals surface area contributed by atoms with E-state index in [2.05, 4.69) is 23.2 Å². The van der Waals surface area contributed by atoms with E-state index in [1.165, 1.54) is 0 Å². The van der Waals surface area contributed by atoms with E-state index in [1.54, 1.807) is 4.68 Å². The summed E-state index contributed by atoms with van der Waals surface area (Å²) in [4.78, 5) is 21.0. The van der Waals surface area contributed by atoms with E-state index in [9.17, 15) is 4.79 Å². The molecule has 7 heteroatoms. The second kappa shape index (κ2) is 8.14. The highest BCUT2D eigenvalue weighted by Gasteiger charge is 2.30. The number of aryl methyl sites for hydroxylation is 5. The Morgan fingerprint density at radius 1 is 1.12 bits per heavy atom. The number of rotatable bonds is 6. The molecule has 1 aliphatic carbocycles. The molecule has 0 bridgehead atoms. The van der Waals surface area contributed by atoms with Crippen LogP contribution in [0.2, 0.25) is 0 Å². The Balaban J connectivity index is 1.66. The van der Waals surface area contributed by atoms with Gasteiger partial charge in [0, 0.05) is 42.7 Å². The lowest BCUT2D eigenvalue weighted by molar-refractivity contribution is 0.0986. The van der Waals surface area contributed by atoms with Crippen molar-refractivity contribution in [1.29, 1.82) is 0 Å². The van der Waals surface area contributed by atoms with Gasteiger partial charge in [-0.3, -0.25) is 14.2 Å². The molecule has 170 valence electrons. The zero-order valence-corrected chi connectivity index (χ0v) is 20.0. The molecule has 7 nitrogen and oxygen atoms in total. The van der Waals surface area contributed by atoms with Crippen molar-refractivity contribution in [3.63, 3.8) is 0 Å². The first-order chi connectivity index (χ1) is 15.9. The minimum atomic E-state index is -0.0327. The Bertz CT molecular complexity index is 1360. The number of nitrogens with zero attached hydrogens (tertiary/aromatic N) is 6. The van der Waals surface area contributed by atoms with E-state index in [1.807, 2.05) is 67.9 Å². The zero-order valence-electron chi connectivity index (χ0n) is 20.0. The zero-order chi connectivity index (χ0) is 23.3. The lowest BCUT2D eigenvalue weighted by atomic mass is 10.0. The van der Waals surface area contributed by atoms with E-state index in [-0.39, 0.29) is 5.91 Å². The number of benzene rings is 1. The molecular formula is C26H30N6O. The minimum absolute atomic E-state index is 0.0327. The first kappa shape index (κ1) is 21.4. The Morgan fingerprint density at radius 3 is 2.58 bits per heavy atom. The van der Waals surface area contributed by atoms with E-state index < -0.39 is 0 Å². The molecule has 0 unspecified atom stereocenters. The molecule has 4 aromatic rings. The standard InChI is InChI=1S/C26H30N6O/c1-6-31-14-20(17(3)29-31)15-32(21-9-7-8-16(2)12-21)26(33)22-13-23(19-10-11-19)27-25-24(22)18(4)28-30(25)5/h7-9,12-14,19H,6,10-11,15H2,1-5H3. The highest BCUT2D eigenvalue weighted by Crippen LogP contribution is 2.41. The Labute approximate surface area is 194 Å². The van der Waals surface area contributed by atoms with Crippen molar-refractivity contribution in [2.24, 2.45) is 7.05 Å². The first-order valence-electron chi connectivity index (χ1n) is 11.6. The summed E-state index contributed by atoms with van der Waals surface area (Å²) in [5.74, 6) is 0.406. The summed E-state index contributed by atoms with van der Waals surface area (Å²) in [6.07, 6.45) is 4.29. The van der Waals surface area contributed by atoms with Crippen LogP contribution in [-0.2, 0) is 20.1 Å². The predicted molar refractivity (Wildman–Crippen MR) is 130 cm³/mol. The van der Waals surface area contributed by atoms with Crippen LogP contribution < -0.4 is 4.90 Å². The smallest absolute Gasteiger partial charge is 0.259 e. The van der Waals surface area contributed by atoms with Crippen LogP contribution in [0.1, 0.15) is 64.2 Å². The van der Waals surface area contributed by atoms with E-state index >= 15 is 0 Å². The highest BCUT2D eigenvalue weighted by molar-refractivity contribution is 6.14. The molecule has 3 aromatic heterocycles. The van der Waals surface area contributed by atoms with Crippen LogP contribution in [0.15, 0.2) is 36.5 Å². The van der Waals surface area contributed by atoms with Gasteiger partial charge in [-0.15, -0.1) is 0 Å². The molecule has 33 heavy (non-hydrogen) atoms. The van der Waals surface area contributed by atoms with Crippen molar-refractivity contribution in [1.82, 2.24) is 24.5 Å². The molecule has 0 atom stereocenters. The third kappa shape index (κ3) is 3.92. The lowest BCUT2D eigenvalue weighted by Crippen LogP contribution is -2.31. The van der Waals surface area contributed by atoms with Gasteiger partial charge in [-0.2, -0.15) is 10.2 Å². The van der Waals surface area contributed by atoms with Gasteiger partial charge >= 0.3 is 0 Å². The van der Waals surface area contributed by atoms with Crippen molar-refractivity contribution < 1.29 is 4.79 Å². The van der Waals surface area contributed by atoms with E-state index in [0.29, 0.717) is 18.0 Å². The summed E-state index contributed by atoms with van der Waals surface area (Å²) in [7, 11) is 1.90. The van der Waals surface area contributed by atoms with Crippen molar-refractivity contribution in [3.05, 3.63) is 70.3 Å². The first-order valence-corrected chi connectivity index (χ1v) is 11.6. The summed E-state index contributed by atoms with van der Waals surface area (Å²) < 4.78 is 3.71. The topological polar surface area (TPSA) is 68.8 Å². The molecule has 0 radical (unpaired) electrons. The molecular weight excluding hydrogens is 412 g/mol.